The summed E-state index contributed by atoms with van der Waals surface area (Å²) in [6.45, 7) is 2.18. The number of hydrogen-bond donors (Lipinski definition) is 1. The van der Waals surface area contributed by atoms with Crippen LogP contribution in [-0.4, -0.2) is 22.6 Å². The van der Waals surface area contributed by atoms with Crippen LogP contribution in [0.4, 0.5) is 0 Å². The van der Waals surface area contributed by atoms with Crippen LogP contribution in [0, 0.1) is 0 Å². The maximum atomic E-state index is 12.5. The van der Waals surface area contributed by atoms with Gasteiger partial charge in [0.05, 0.1) is 12.6 Å². The number of amides is 3. The molecular formula is C20H19BrN2O3. The van der Waals surface area contributed by atoms with Gasteiger partial charge in [0, 0.05) is 22.9 Å². The Balaban J connectivity index is 1.64. The molecule has 3 amide bonds. The number of benzene rings is 2. The van der Waals surface area contributed by atoms with E-state index in [1.54, 1.807) is 24.3 Å². The molecule has 0 aromatic heterocycles. The number of likely N-dealkylation sites (tertiary alicyclic amines) is 1. The van der Waals surface area contributed by atoms with E-state index >= 15 is 0 Å². The standard InChI is InChI=1S/C20H19BrN2O3/c1-13(16-4-2-3-5-17(16)21)22-20(26)15-8-6-14(7-9-15)12-23-18(24)10-11-19(23)25/h2-9,13H,10-12H2,1H3,(H,22,26)/t13-/m0/s1. The van der Waals surface area contributed by atoms with Crippen molar-refractivity contribution < 1.29 is 14.4 Å². The molecule has 0 aliphatic carbocycles. The van der Waals surface area contributed by atoms with Crippen molar-refractivity contribution in [2.24, 2.45) is 0 Å². The van der Waals surface area contributed by atoms with Gasteiger partial charge >= 0.3 is 0 Å². The van der Waals surface area contributed by atoms with Crippen molar-refractivity contribution in [3.05, 3.63) is 69.7 Å². The third-order valence-electron chi connectivity index (χ3n) is 4.43. The molecule has 0 saturated carbocycles. The lowest BCUT2D eigenvalue weighted by Crippen LogP contribution is -2.28. The van der Waals surface area contributed by atoms with Crippen molar-refractivity contribution in [1.29, 1.82) is 0 Å². The van der Waals surface area contributed by atoms with Gasteiger partial charge in [-0.15, -0.1) is 0 Å². The summed E-state index contributed by atoms with van der Waals surface area (Å²) in [4.78, 5) is 37.1. The van der Waals surface area contributed by atoms with E-state index in [1.807, 2.05) is 31.2 Å². The normalized spacial score (nSPS) is 15.2. The van der Waals surface area contributed by atoms with Crippen LogP contribution in [0.5, 0.6) is 0 Å². The monoisotopic (exact) mass is 414 g/mol. The second-order valence-electron chi connectivity index (χ2n) is 6.29. The van der Waals surface area contributed by atoms with Gasteiger partial charge in [-0.25, -0.2) is 0 Å². The highest BCUT2D eigenvalue weighted by atomic mass is 79.9. The number of carbonyl (C=O) groups excluding carboxylic acids is 3. The molecule has 5 nitrogen and oxygen atoms in total. The van der Waals surface area contributed by atoms with Gasteiger partial charge in [-0.2, -0.15) is 0 Å². The van der Waals surface area contributed by atoms with Crippen molar-refractivity contribution in [3.8, 4) is 0 Å². The molecule has 26 heavy (non-hydrogen) atoms. The second kappa shape index (κ2) is 7.83. The number of halogens is 1. The first-order valence-corrected chi connectivity index (χ1v) is 9.22. The van der Waals surface area contributed by atoms with Crippen LogP contribution in [0.3, 0.4) is 0 Å². The van der Waals surface area contributed by atoms with Gasteiger partial charge in [0.2, 0.25) is 11.8 Å². The summed E-state index contributed by atoms with van der Waals surface area (Å²) in [6, 6.07) is 14.6. The van der Waals surface area contributed by atoms with Crippen LogP contribution < -0.4 is 5.32 Å². The molecule has 2 aromatic rings. The summed E-state index contributed by atoms with van der Waals surface area (Å²) in [5.41, 5.74) is 2.36. The Morgan fingerprint density at radius 1 is 1.08 bits per heavy atom. The molecule has 2 aromatic carbocycles. The Bertz CT molecular complexity index is 832. The summed E-state index contributed by atoms with van der Waals surface area (Å²) in [6.07, 6.45) is 0.568. The molecule has 1 aliphatic rings. The van der Waals surface area contributed by atoms with Crippen molar-refractivity contribution in [2.45, 2.75) is 32.4 Å². The molecule has 0 unspecified atom stereocenters. The van der Waals surface area contributed by atoms with Gasteiger partial charge < -0.3 is 5.32 Å². The smallest absolute Gasteiger partial charge is 0.251 e. The van der Waals surface area contributed by atoms with Gasteiger partial charge in [-0.05, 0) is 36.2 Å². The molecule has 6 heteroatoms. The molecule has 134 valence electrons. The summed E-state index contributed by atoms with van der Waals surface area (Å²) in [5, 5.41) is 2.97. The molecule has 3 rings (SSSR count). The Kier molecular flexibility index (Phi) is 5.52. The maximum Gasteiger partial charge on any atom is 0.251 e. The quantitative estimate of drug-likeness (QED) is 0.760. The number of carbonyl (C=O) groups is 3. The Labute approximate surface area is 160 Å². The van der Waals surface area contributed by atoms with Crippen LogP contribution in [-0.2, 0) is 16.1 Å². The molecule has 0 spiro atoms. The minimum atomic E-state index is -0.173. The molecule has 1 fully saturated rings. The van der Waals surface area contributed by atoms with Crippen LogP contribution >= 0.6 is 15.9 Å². The predicted molar refractivity (Wildman–Crippen MR) is 101 cm³/mol. The number of rotatable bonds is 5. The SMILES string of the molecule is C[C@H](NC(=O)c1ccc(CN2C(=O)CCC2=O)cc1)c1ccccc1Br. The zero-order valence-corrected chi connectivity index (χ0v) is 16.0. The number of hydrogen-bond acceptors (Lipinski definition) is 3. The molecule has 1 atom stereocenters. The van der Waals surface area contributed by atoms with Crippen molar-refractivity contribution in [2.75, 3.05) is 0 Å². The van der Waals surface area contributed by atoms with Crippen molar-refractivity contribution >= 4 is 33.7 Å². The molecule has 1 heterocycles. The van der Waals surface area contributed by atoms with E-state index < -0.39 is 0 Å². The third-order valence-corrected chi connectivity index (χ3v) is 5.15. The average molecular weight is 415 g/mol. The first kappa shape index (κ1) is 18.3. The minimum Gasteiger partial charge on any atom is -0.345 e. The van der Waals surface area contributed by atoms with E-state index in [1.165, 1.54) is 4.90 Å². The van der Waals surface area contributed by atoms with Crippen LogP contribution in [0.25, 0.3) is 0 Å². The Morgan fingerprint density at radius 3 is 2.31 bits per heavy atom. The van der Waals surface area contributed by atoms with Crippen LogP contribution in [0.1, 0.15) is 47.3 Å². The van der Waals surface area contributed by atoms with Gasteiger partial charge in [0.15, 0.2) is 0 Å². The third kappa shape index (κ3) is 4.02. The predicted octanol–water partition coefficient (Wildman–Crippen LogP) is 3.59. The fourth-order valence-electron chi connectivity index (χ4n) is 2.93. The summed E-state index contributed by atoms with van der Waals surface area (Å²) >= 11 is 3.49. The van der Waals surface area contributed by atoms with Crippen LogP contribution in [0.15, 0.2) is 53.0 Å². The highest BCUT2D eigenvalue weighted by Gasteiger charge is 2.28. The van der Waals surface area contributed by atoms with E-state index in [9.17, 15) is 14.4 Å². The van der Waals surface area contributed by atoms with Gasteiger partial charge in [0.25, 0.3) is 5.91 Å². The molecular weight excluding hydrogens is 396 g/mol. The zero-order chi connectivity index (χ0) is 18.7. The van der Waals surface area contributed by atoms with Gasteiger partial charge in [0.1, 0.15) is 0 Å². The lowest BCUT2D eigenvalue weighted by atomic mass is 10.1. The molecule has 1 saturated heterocycles. The van der Waals surface area contributed by atoms with Crippen molar-refractivity contribution in [3.63, 3.8) is 0 Å². The number of imide groups is 1. The highest BCUT2D eigenvalue weighted by Crippen LogP contribution is 2.23. The fraction of sp³-hybridized carbons (Fsp3) is 0.250. The summed E-state index contributed by atoms with van der Waals surface area (Å²) in [5.74, 6) is -0.453. The lowest BCUT2D eigenvalue weighted by Gasteiger charge is -2.16. The van der Waals surface area contributed by atoms with E-state index in [2.05, 4.69) is 21.2 Å². The topological polar surface area (TPSA) is 66.5 Å². The lowest BCUT2D eigenvalue weighted by molar-refractivity contribution is -0.139. The van der Waals surface area contributed by atoms with Gasteiger partial charge in [-0.1, -0.05) is 46.3 Å². The minimum absolute atomic E-state index is 0.140. The molecule has 0 radical (unpaired) electrons. The Hall–Kier alpha value is -2.47. The van der Waals surface area contributed by atoms with E-state index in [-0.39, 0.29) is 43.1 Å². The highest BCUT2D eigenvalue weighted by molar-refractivity contribution is 9.10. The van der Waals surface area contributed by atoms with E-state index in [0.29, 0.717) is 5.56 Å². The maximum absolute atomic E-state index is 12.5. The Morgan fingerprint density at radius 2 is 1.69 bits per heavy atom. The van der Waals surface area contributed by atoms with Crippen LogP contribution in [0.2, 0.25) is 0 Å². The first-order chi connectivity index (χ1) is 12.5. The van der Waals surface area contributed by atoms with E-state index in [4.69, 9.17) is 0 Å². The second-order valence-corrected chi connectivity index (χ2v) is 7.14. The number of nitrogens with one attached hydrogen (secondary N) is 1. The zero-order valence-electron chi connectivity index (χ0n) is 14.4. The first-order valence-electron chi connectivity index (χ1n) is 8.43. The number of nitrogens with zero attached hydrogens (tertiary/aromatic N) is 1. The largest absolute Gasteiger partial charge is 0.345 e. The van der Waals surface area contributed by atoms with Crippen molar-refractivity contribution in [1.82, 2.24) is 10.2 Å². The average Bonchev–Trinajstić information content (AvgIpc) is 2.94. The molecule has 1 N–H and O–H groups in total. The molecule has 1 aliphatic heterocycles. The van der Waals surface area contributed by atoms with Gasteiger partial charge in [-0.3, -0.25) is 19.3 Å². The summed E-state index contributed by atoms with van der Waals surface area (Å²) < 4.78 is 0.947. The molecule has 0 bridgehead atoms. The summed E-state index contributed by atoms with van der Waals surface area (Å²) in [7, 11) is 0. The fourth-order valence-corrected chi connectivity index (χ4v) is 3.56. The van der Waals surface area contributed by atoms with E-state index in [0.717, 1.165) is 15.6 Å².